The summed E-state index contributed by atoms with van der Waals surface area (Å²) in [7, 11) is 1.61. The molecule has 0 aliphatic rings. The van der Waals surface area contributed by atoms with Gasteiger partial charge < -0.3 is 9.30 Å². The van der Waals surface area contributed by atoms with Crippen LogP contribution < -0.4 is 0 Å². The van der Waals surface area contributed by atoms with Crippen molar-refractivity contribution in [2.75, 3.05) is 13.7 Å². The van der Waals surface area contributed by atoms with E-state index in [0.717, 1.165) is 0 Å². The third-order valence-corrected chi connectivity index (χ3v) is 3.92. The van der Waals surface area contributed by atoms with E-state index in [9.17, 15) is 8.78 Å². The Kier molecular flexibility index (Phi) is 5.08. The molecule has 7 heteroatoms. The lowest BCUT2D eigenvalue weighted by Crippen LogP contribution is -2.06. The van der Waals surface area contributed by atoms with Crippen molar-refractivity contribution in [1.82, 2.24) is 14.8 Å². The van der Waals surface area contributed by atoms with E-state index >= 15 is 0 Å². The Labute approximate surface area is 120 Å². The summed E-state index contributed by atoms with van der Waals surface area (Å²) in [5, 5.41) is 7.99. The Morgan fingerprint density at radius 1 is 1.35 bits per heavy atom. The summed E-state index contributed by atoms with van der Waals surface area (Å²) in [6.45, 7) is 2.86. The molecule has 1 aromatic carbocycles. The van der Waals surface area contributed by atoms with Crippen molar-refractivity contribution in [3.8, 4) is 0 Å². The lowest BCUT2D eigenvalue weighted by atomic mass is 10.1. The van der Waals surface area contributed by atoms with Crippen LogP contribution in [-0.4, -0.2) is 28.5 Å². The number of aromatic nitrogens is 3. The van der Waals surface area contributed by atoms with Crippen LogP contribution in [0.5, 0.6) is 0 Å². The van der Waals surface area contributed by atoms with E-state index in [1.165, 1.54) is 30.0 Å². The molecule has 0 saturated heterocycles. The zero-order valence-electron chi connectivity index (χ0n) is 11.2. The summed E-state index contributed by atoms with van der Waals surface area (Å²) in [5.74, 6) is -1.10. The Balaban J connectivity index is 2.15. The first-order valence-corrected chi connectivity index (χ1v) is 6.98. The second-order valence-electron chi connectivity index (χ2n) is 4.20. The summed E-state index contributed by atoms with van der Waals surface area (Å²) < 4.78 is 34.2. The molecule has 0 aliphatic carbocycles. The van der Waals surface area contributed by atoms with E-state index in [4.69, 9.17) is 4.74 Å². The zero-order chi connectivity index (χ0) is 14.5. The van der Waals surface area contributed by atoms with Crippen molar-refractivity contribution in [3.05, 3.63) is 41.7 Å². The minimum atomic E-state index is -0.548. The largest absolute Gasteiger partial charge is 0.383 e. The van der Waals surface area contributed by atoms with Crippen molar-refractivity contribution in [1.29, 1.82) is 0 Å². The number of halogens is 2. The summed E-state index contributed by atoms with van der Waals surface area (Å²) >= 11 is 1.26. The van der Waals surface area contributed by atoms with Crippen molar-refractivity contribution in [2.24, 2.45) is 0 Å². The molecular formula is C13H15F2N3OS. The quantitative estimate of drug-likeness (QED) is 0.769. The molecule has 0 N–H and O–H groups in total. The number of ether oxygens (including phenoxy) is 1. The smallest absolute Gasteiger partial charge is 0.191 e. The number of benzene rings is 1. The molecule has 2 rings (SSSR count). The minimum absolute atomic E-state index is 0.0544. The molecule has 0 saturated carbocycles. The molecule has 1 heterocycles. The monoisotopic (exact) mass is 299 g/mol. The predicted molar refractivity (Wildman–Crippen MR) is 72.5 cm³/mol. The van der Waals surface area contributed by atoms with Crippen LogP contribution in [0.25, 0.3) is 0 Å². The molecule has 1 atom stereocenters. The highest BCUT2D eigenvalue weighted by atomic mass is 32.2. The van der Waals surface area contributed by atoms with E-state index in [1.807, 2.05) is 0 Å². The molecule has 2 aromatic rings. The van der Waals surface area contributed by atoms with E-state index in [0.29, 0.717) is 18.3 Å². The Hall–Kier alpha value is -1.47. The first-order valence-electron chi connectivity index (χ1n) is 6.10. The fourth-order valence-corrected chi connectivity index (χ4v) is 2.82. The van der Waals surface area contributed by atoms with Crippen LogP contribution in [0.2, 0.25) is 0 Å². The average molecular weight is 299 g/mol. The molecule has 1 aromatic heterocycles. The number of methoxy groups -OCH3 is 1. The molecule has 0 amide bonds. The van der Waals surface area contributed by atoms with Gasteiger partial charge in [-0.2, -0.15) is 0 Å². The molecule has 0 radical (unpaired) electrons. The molecule has 0 spiro atoms. The normalized spacial score (nSPS) is 12.6. The van der Waals surface area contributed by atoms with Crippen molar-refractivity contribution < 1.29 is 13.5 Å². The number of hydrogen-bond donors (Lipinski definition) is 0. The molecular weight excluding hydrogens is 284 g/mol. The highest BCUT2D eigenvalue weighted by Crippen LogP contribution is 2.36. The van der Waals surface area contributed by atoms with Gasteiger partial charge in [-0.05, 0) is 19.1 Å². The minimum Gasteiger partial charge on any atom is -0.383 e. The standard InChI is InChI=1S/C13H15F2N3OS/c1-9(12-10(14)4-3-5-11(12)15)20-13-17-16-8-18(13)6-7-19-2/h3-5,8-9H,6-7H2,1-2H3. The van der Waals surface area contributed by atoms with Gasteiger partial charge >= 0.3 is 0 Å². The van der Waals surface area contributed by atoms with Crippen LogP contribution in [0.4, 0.5) is 8.78 Å². The summed E-state index contributed by atoms with van der Waals surface area (Å²) in [6, 6.07) is 3.86. The first-order chi connectivity index (χ1) is 9.63. The SMILES string of the molecule is COCCn1cnnc1SC(C)c1c(F)cccc1F. The van der Waals surface area contributed by atoms with Gasteiger partial charge in [0.1, 0.15) is 18.0 Å². The first kappa shape index (κ1) is 14.9. The number of thioether (sulfide) groups is 1. The Morgan fingerprint density at radius 2 is 2.05 bits per heavy atom. The van der Waals surface area contributed by atoms with Gasteiger partial charge in [0.25, 0.3) is 0 Å². The maximum atomic E-state index is 13.7. The van der Waals surface area contributed by atoms with Gasteiger partial charge in [0, 0.05) is 24.5 Å². The second-order valence-corrected chi connectivity index (χ2v) is 5.50. The van der Waals surface area contributed by atoms with Crippen LogP contribution in [0.1, 0.15) is 17.7 Å². The summed E-state index contributed by atoms with van der Waals surface area (Å²) in [5.41, 5.74) is 0.0544. The van der Waals surface area contributed by atoms with Crippen LogP contribution in [0.3, 0.4) is 0 Å². The van der Waals surface area contributed by atoms with E-state index in [-0.39, 0.29) is 5.56 Å². The van der Waals surface area contributed by atoms with Gasteiger partial charge in [0.05, 0.1) is 6.61 Å². The number of rotatable bonds is 6. The van der Waals surface area contributed by atoms with Gasteiger partial charge in [-0.1, -0.05) is 17.8 Å². The molecule has 0 fully saturated rings. The third-order valence-electron chi connectivity index (χ3n) is 2.80. The lowest BCUT2D eigenvalue weighted by Gasteiger charge is -2.13. The third kappa shape index (κ3) is 3.34. The van der Waals surface area contributed by atoms with Crippen LogP contribution in [0, 0.1) is 11.6 Å². The van der Waals surface area contributed by atoms with Crippen LogP contribution in [0.15, 0.2) is 29.7 Å². The lowest BCUT2D eigenvalue weighted by molar-refractivity contribution is 0.184. The van der Waals surface area contributed by atoms with E-state index < -0.39 is 16.9 Å². The van der Waals surface area contributed by atoms with Crippen molar-refractivity contribution >= 4 is 11.8 Å². The number of hydrogen-bond acceptors (Lipinski definition) is 4. The number of nitrogens with zero attached hydrogens (tertiary/aromatic N) is 3. The van der Waals surface area contributed by atoms with Crippen molar-refractivity contribution in [2.45, 2.75) is 23.9 Å². The molecule has 1 unspecified atom stereocenters. The molecule has 0 aliphatic heterocycles. The van der Waals surface area contributed by atoms with E-state index in [2.05, 4.69) is 10.2 Å². The Bertz CT molecular complexity index is 556. The molecule has 20 heavy (non-hydrogen) atoms. The predicted octanol–water partition coefficient (Wildman–Crippen LogP) is 3.06. The second kappa shape index (κ2) is 6.81. The topological polar surface area (TPSA) is 39.9 Å². The molecule has 108 valence electrons. The van der Waals surface area contributed by atoms with Gasteiger partial charge in [0.2, 0.25) is 0 Å². The molecule has 0 bridgehead atoms. The van der Waals surface area contributed by atoms with Crippen molar-refractivity contribution in [3.63, 3.8) is 0 Å². The zero-order valence-corrected chi connectivity index (χ0v) is 12.0. The fourth-order valence-electron chi connectivity index (χ4n) is 1.79. The average Bonchev–Trinajstić information content (AvgIpc) is 2.83. The maximum absolute atomic E-state index is 13.7. The summed E-state index contributed by atoms with van der Waals surface area (Å²) in [4.78, 5) is 0. The van der Waals surface area contributed by atoms with Gasteiger partial charge in [-0.15, -0.1) is 10.2 Å². The summed E-state index contributed by atoms with van der Waals surface area (Å²) in [6.07, 6.45) is 1.58. The fraction of sp³-hybridized carbons (Fsp3) is 0.385. The molecule has 4 nitrogen and oxygen atoms in total. The van der Waals surface area contributed by atoms with Gasteiger partial charge in [-0.3, -0.25) is 0 Å². The highest BCUT2D eigenvalue weighted by Gasteiger charge is 2.19. The van der Waals surface area contributed by atoms with Gasteiger partial charge in [-0.25, -0.2) is 8.78 Å². The maximum Gasteiger partial charge on any atom is 0.191 e. The Morgan fingerprint density at radius 3 is 2.70 bits per heavy atom. The van der Waals surface area contributed by atoms with Crippen LogP contribution in [-0.2, 0) is 11.3 Å². The highest BCUT2D eigenvalue weighted by molar-refractivity contribution is 7.99. The van der Waals surface area contributed by atoms with E-state index in [1.54, 1.807) is 24.9 Å². The van der Waals surface area contributed by atoms with Gasteiger partial charge in [0.15, 0.2) is 5.16 Å². The van der Waals surface area contributed by atoms with Crippen LogP contribution >= 0.6 is 11.8 Å².